The lowest BCUT2D eigenvalue weighted by molar-refractivity contribution is -0.136. The van der Waals surface area contributed by atoms with Gasteiger partial charge in [0, 0.05) is 37.7 Å². The molecule has 0 spiro atoms. The second-order valence-corrected chi connectivity index (χ2v) is 5.16. The molecule has 122 valence electrons. The van der Waals surface area contributed by atoms with Gasteiger partial charge in [-0.05, 0) is 25.8 Å². The Kier molecular flexibility index (Phi) is 4.95. The number of H-pyrrole nitrogens is 1. The van der Waals surface area contributed by atoms with Gasteiger partial charge in [0.2, 0.25) is 5.43 Å². The number of aromatic amines is 1. The van der Waals surface area contributed by atoms with E-state index in [2.05, 4.69) is 20.7 Å². The maximum absolute atomic E-state index is 11.8. The minimum atomic E-state index is -0.874. The first-order valence-corrected chi connectivity index (χ1v) is 7.15. The van der Waals surface area contributed by atoms with Crippen LogP contribution in [0.15, 0.2) is 23.3 Å². The smallest absolute Gasteiger partial charge is 0.313 e. The van der Waals surface area contributed by atoms with Gasteiger partial charge in [-0.1, -0.05) is 0 Å². The lowest BCUT2D eigenvalue weighted by Crippen LogP contribution is -2.37. The fourth-order valence-corrected chi connectivity index (χ4v) is 2.25. The van der Waals surface area contributed by atoms with Crippen LogP contribution in [0.2, 0.25) is 0 Å². The maximum atomic E-state index is 11.8. The van der Waals surface area contributed by atoms with Gasteiger partial charge >= 0.3 is 11.8 Å². The number of aryl methyl sites for hydroxylation is 2. The normalized spacial score (nSPS) is 10.4. The van der Waals surface area contributed by atoms with Crippen LogP contribution in [0, 0.1) is 13.8 Å². The van der Waals surface area contributed by atoms with Crippen molar-refractivity contribution in [3.8, 4) is 0 Å². The average molecular weight is 317 g/mol. The molecule has 2 aromatic heterocycles. The predicted octanol–water partition coefficient (Wildman–Crippen LogP) is 0.0226. The van der Waals surface area contributed by atoms with Gasteiger partial charge < -0.3 is 15.6 Å². The van der Waals surface area contributed by atoms with E-state index in [9.17, 15) is 14.4 Å². The second-order valence-electron chi connectivity index (χ2n) is 5.16. The summed E-state index contributed by atoms with van der Waals surface area (Å²) in [7, 11) is 1.86. The lowest BCUT2D eigenvalue weighted by atomic mass is 10.1. The van der Waals surface area contributed by atoms with E-state index < -0.39 is 11.8 Å². The molecule has 8 heteroatoms. The van der Waals surface area contributed by atoms with E-state index in [4.69, 9.17) is 0 Å². The van der Waals surface area contributed by atoms with Crippen LogP contribution >= 0.6 is 0 Å². The number of carbonyl (C=O) groups is 2. The Bertz CT molecular complexity index is 791. The number of nitrogens with one attached hydrogen (secondary N) is 3. The molecule has 2 aromatic rings. The van der Waals surface area contributed by atoms with Crippen molar-refractivity contribution in [2.75, 3.05) is 11.9 Å². The van der Waals surface area contributed by atoms with E-state index in [-0.39, 0.29) is 11.1 Å². The highest BCUT2D eigenvalue weighted by Gasteiger charge is 2.15. The van der Waals surface area contributed by atoms with E-state index in [1.165, 1.54) is 18.5 Å². The molecule has 2 rings (SSSR count). The van der Waals surface area contributed by atoms with Crippen LogP contribution in [0.1, 0.15) is 17.0 Å². The minimum absolute atomic E-state index is 0.0339. The molecule has 2 amide bonds. The van der Waals surface area contributed by atoms with Crippen LogP contribution in [0.4, 0.5) is 5.69 Å². The molecule has 8 nitrogen and oxygen atoms in total. The Morgan fingerprint density at radius 1 is 1.30 bits per heavy atom. The Labute approximate surface area is 132 Å². The quantitative estimate of drug-likeness (QED) is 0.691. The summed E-state index contributed by atoms with van der Waals surface area (Å²) in [5.41, 5.74) is 2.64. The molecule has 0 aliphatic heterocycles. The van der Waals surface area contributed by atoms with Crippen LogP contribution in [0.3, 0.4) is 0 Å². The minimum Gasteiger partial charge on any atom is -0.366 e. The number of nitrogens with zero attached hydrogens (tertiary/aromatic N) is 2. The molecule has 0 bridgehead atoms. The van der Waals surface area contributed by atoms with E-state index in [1.807, 2.05) is 20.9 Å². The summed E-state index contributed by atoms with van der Waals surface area (Å²) in [4.78, 5) is 37.7. The molecule has 0 atom stereocenters. The first kappa shape index (κ1) is 16.5. The summed E-state index contributed by atoms with van der Waals surface area (Å²) in [5, 5.41) is 9.10. The molecule has 0 unspecified atom stereocenters. The molecule has 0 fully saturated rings. The Balaban J connectivity index is 1.88. The van der Waals surface area contributed by atoms with Gasteiger partial charge in [-0.25, -0.2) is 0 Å². The van der Waals surface area contributed by atoms with E-state index in [1.54, 1.807) is 4.68 Å². The van der Waals surface area contributed by atoms with Gasteiger partial charge in [-0.2, -0.15) is 5.10 Å². The molecule has 0 saturated heterocycles. The molecule has 3 N–H and O–H groups in total. The number of aromatic nitrogens is 3. The summed E-state index contributed by atoms with van der Waals surface area (Å²) >= 11 is 0. The van der Waals surface area contributed by atoms with Crippen molar-refractivity contribution in [3.63, 3.8) is 0 Å². The number of rotatable bonds is 4. The molecule has 0 radical (unpaired) electrons. The summed E-state index contributed by atoms with van der Waals surface area (Å²) < 4.78 is 1.78. The largest absolute Gasteiger partial charge is 0.366 e. The first-order valence-electron chi connectivity index (χ1n) is 7.15. The number of anilines is 1. The van der Waals surface area contributed by atoms with Crippen LogP contribution in [-0.4, -0.2) is 33.1 Å². The summed E-state index contributed by atoms with van der Waals surface area (Å²) in [5.74, 6) is -1.66. The third-order valence-electron chi connectivity index (χ3n) is 3.60. The fourth-order valence-electron chi connectivity index (χ4n) is 2.25. The number of carbonyl (C=O) groups excluding carboxylic acids is 2. The van der Waals surface area contributed by atoms with Crippen molar-refractivity contribution in [2.24, 2.45) is 7.05 Å². The van der Waals surface area contributed by atoms with Crippen LogP contribution in [0.25, 0.3) is 0 Å². The Morgan fingerprint density at radius 3 is 2.65 bits per heavy atom. The van der Waals surface area contributed by atoms with Gasteiger partial charge in [0.15, 0.2) is 0 Å². The molecule has 23 heavy (non-hydrogen) atoms. The van der Waals surface area contributed by atoms with Gasteiger partial charge in [-0.15, -0.1) is 0 Å². The van der Waals surface area contributed by atoms with Gasteiger partial charge in [0.25, 0.3) is 0 Å². The average Bonchev–Trinajstić information content (AvgIpc) is 2.75. The molecular formula is C15H19N5O3. The molecule has 0 aromatic carbocycles. The van der Waals surface area contributed by atoms with Crippen LogP contribution in [0.5, 0.6) is 0 Å². The molecular weight excluding hydrogens is 298 g/mol. The highest BCUT2D eigenvalue weighted by atomic mass is 16.2. The molecule has 2 heterocycles. The lowest BCUT2D eigenvalue weighted by Gasteiger charge is -2.06. The first-order chi connectivity index (χ1) is 10.9. The van der Waals surface area contributed by atoms with Crippen molar-refractivity contribution in [2.45, 2.75) is 20.3 Å². The standard InChI is InChI=1S/C15H19N5O3/c1-9-11(10(2)20(3)19-9)4-7-17-14(22)15(23)18-12-8-16-6-5-13(12)21/h5-6,8H,4,7H2,1-3H3,(H,16,21)(H,17,22)(H,18,23). The number of amides is 2. The number of pyridine rings is 1. The van der Waals surface area contributed by atoms with E-state index >= 15 is 0 Å². The molecule has 0 aliphatic rings. The predicted molar refractivity (Wildman–Crippen MR) is 85.1 cm³/mol. The highest BCUT2D eigenvalue weighted by molar-refractivity contribution is 6.39. The van der Waals surface area contributed by atoms with Gasteiger partial charge in [0.05, 0.1) is 5.69 Å². The van der Waals surface area contributed by atoms with Gasteiger partial charge in [0.1, 0.15) is 5.69 Å². The maximum Gasteiger partial charge on any atom is 0.313 e. The zero-order chi connectivity index (χ0) is 17.0. The van der Waals surface area contributed by atoms with Crippen molar-refractivity contribution in [3.05, 3.63) is 45.6 Å². The topological polar surface area (TPSA) is 109 Å². The number of hydrogen-bond acceptors (Lipinski definition) is 4. The van der Waals surface area contributed by atoms with Crippen LogP contribution in [-0.2, 0) is 23.1 Å². The Morgan fingerprint density at radius 2 is 2.04 bits per heavy atom. The third-order valence-corrected chi connectivity index (χ3v) is 3.60. The van der Waals surface area contributed by atoms with Crippen molar-refractivity contribution in [1.82, 2.24) is 20.1 Å². The highest BCUT2D eigenvalue weighted by Crippen LogP contribution is 2.11. The van der Waals surface area contributed by atoms with Crippen molar-refractivity contribution >= 4 is 17.5 Å². The van der Waals surface area contributed by atoms with E-state index in [0.29, 0.717) is 13.0 Å². The summed E-state index contributed by atoms with van der Waals surface area (Å²) in [6.45, 7) is 4.16. The zero-order valence-corrected chi connectivity index (χ0v) is 13.3. The number of hydrogen-bond donors (Lipinski definition) is 3. The SMILES string of the molecule is Cc1nn(C)c(C)c1CCNC(=O)C(=O)Nc1c[nH]ccc1=O. The second kappa shape index (κ2) is 6.91. The molecule has 0 aliphatic carbocycles. The van der Waals surface area contributed by atoms with Crippen LogP contribution < -0.4 is 16.1 Å². The monoisotopic (exact) mass is 317 g/mol. The van der Waals surface area contributed by atoms with Gasteiger partial charge in [-0.3, -0.25) is 19.1 Å². The van der Waals surface area contributed by atoms with Crippen molar-refractivity contribution < 1.29 is 9.59 Å². The van der Waals surface area contributed by atoms with Crippen molar-refractivity contribution in [1.29, 1.82) is 0 Å². The Hall–Kier alpha value is -2.90. The zero-order valence-electron chi connectivity index (χ0n) is 13.3. The summed E-state index contributed by atoms with van der Waals surface area (Å²) in [6, 6.07) is 1.27. The molecule has 0 saturated carbocycles. The summed E-state index contributed by atoms with van der Waals surface area (Å²) in [6.07, 6.45) is 3.35. The van der Waals surface area contributed by atoms with E-state index in [0.717, 1.165) is 17.0 Å². The fraction of sp³-hybridized carbons (Fsp3) is 0.333. The third kappa shape index (κ3) is 3.85.